The van der Waals surface area contributed by atoms with Gasteiger partial charge in [0.1, 0.15) is 6.10 Å². The summed E-state index contributed by atoms with van der Waals surface area (Å²) in [4.78, 5) is 16.3. The monoisotopic (exact) mass is 338 g/mol. The number of aliphatic hydroxyl groups is 2. The maximum atomic E-state index is 12.4. The minimum absolute atomic E-state index is 0.130. The molecule has 3 rings (SSSR count). The fourth-order valence-electron chi connectivity index (χ4n) is 3.38. The number of nitrogens with zero attached hydrogens (tertiary/aromatic N) is 4. The maximum absolute atomic E-state index is 12.4. The molecule has 0 aromatic carbocycles. The van der Waals surface area contributed by atoms with E-state index in [1.807, 2.05) is 22.6 Å². The molecule has 2 aliphatic rings. The van der Waals surface area contributed by atoms with Gasteiger partial charge in [-0.15, -0.1) is 0 Å². The first-order chi connectivity index (χ1) is 11.6. The van der Waals surface area contributed by atoms with Gasteiger partial charge in [-0.2, -0.15) is 5.10 Å². The molecule has 2 N–H and O–H groups in total. The number of amides is 1. The van der Waals surface area contributed by atoms with Crippen LogP contribution >= 0.6 is 0 Å². The Morgan fingerprint density at radius 3 is 2.71 bits per heavy atom. The molecule has 2 fully saturated rings. The molecule has 0 unspecified atom stereocenters. The molecule has 3 heterocycles. The van der Waals surface area contributed by atoms with Gasteiger partial charge in [0, 0.05) is 51.0 Å². The van der Waals surface area contributed by atoms with E-state index >= 15 is 0 Å². The zero-order valence-electron chi connectivity index (χ0n) is 14.0. The lowest BCUT2D eigenvalue weighted by Crippen LogP contribution is -2.60. The zero-order valence-corrected chi connectivity index (χ0v) is 14.0. The molecule has 0 radical (unpaired) electrons. The second-order valence-corrected chi connectivity index (χ2v) is 6.53. The smallest absolute Gasteiger partial charge is 0.224 e. The van der Waals surface area contributed by atoms with E-state index in [1.54, 1.807) is 6.20 Å². The van der Waals surface area contributed by atoms with Gasteiger partial charge in [0.25, 0.3) is 0 Å². The fraction of sp³-hybridized carbons (Fsp3) is 0.750. The first-order valence-corrected chi connectivity index (χ1v) is 8.50. The van der Waals surface area contributed by atoms with E-state index in [2.05, 4.69) is 10.00 Å². The van der Waals surface area contributed by atoms with E-state index in [-0.39, 0.29) is 18.6 Å². The number of aliphatic hydroxyl groups excluding tert-OH is 2. The number of carbonyl (C=O) groups is 1. The number of ether oxygens (including phenoxy) is 1. The Labute approximate surface area is 141 Å². The number of aromatic nitrogens is 2. The van der Waals surface area contributed by atoms with Crippen LogP contribution in [0.25, 0.3) is 0 Å². The molecule has 0 spiro atoms. The van der Waals surface area contributed by atoms with Crippen LogP contribution in [-0.4, -0.2) is 93.3 Å². The van der Waals surface area contributed by atoms with Gasteiger partial charge in [-0.05, 0) is 13.0 Å². The number of rotatable bonds is 4. The molecular weight excluding hydrogens is 312 g/mol. The van der Waals surface area contributed by atoms with Crippen molar-refractivity contribution in [3.05, 3.63) is 18.0 Å². The Morgan fingerprint density at radius 2 is 2.04 bits per heavy atom. The highest BCUT2D eigenvalue weighted by Crippen LogP contribution is 2.17. The minimum Gasteiger partial charge on any atom is -0.389 e. The van der Waals surface area contributed by atoms with Gasteiger partial charge in [-0.3, -0.25) is 14.4 Å². The average Bonchev–Trinajstić information content (AvgIpc) is 3.00. The van der Waals surface area contributed by atoms with Crippen LogP contribution in [0.4, 0.5) is 0 Å². The Kier molecular flexibility index (Phi) is 5.50. The van der Waals surface area contributed by atoms with Crippen molar-refractivity contribution >= 4 is 5.91 Å². The van der Waals surface area contributed by atoms with Crippen molar-refractivity contribution in [3.63, 3.8) is 0 Å². The number of carbonyl (C=O) groups excluding carboxylic acids is 1. The van der Waals surface area contributed by atoms with Crippen molar-refractivity contribution in [2.45, 2.75) is 38.1 Å². The lowest BCUT2D eigenvalue weighted by atomic mass is 10.0. The summed E-state index contributed by atoms with van der Waals surface area (Å²) in [5.74, 6) is 0.130. The van der Waals surface area contributed by atoms with Gasteiger partial charge in [0.2, 0.25) is 5.91 Å². The summed E-state index contributed by atoms with van der Waals surface area (Å²) in [6, 6.07) is 1.73. The molecule has 0 bridgehead atoms. The highest BCUT2D eigenvalue weighted by atomic mass is 16.5. The number of aryl methyl sites for hydroxylation is 2. The van der Waals surface area contributed by atoms with Crippen molar-refractivity contribution in [1.29, 1.82) is 0 Å². The van der Waals surface area contributed by atoms with E-state index in [4.69, 9.17) is 4.74 Å². The zero-order chi connectivity index (χ0) is 17.1. The van der Waals surface area contributed by atoms with E-state index < -0.39 is 12.2 Å². The summed E-state index contributed by atoms with van der Waals surface area (Å²) in [7, 11) is 0. The van der Waals surface area contributed by atoms with Gasteiger partial charge < -0.3 is 19.8 Å². The third kappa shape index (κ3) is 3.77. The van der Waals surface area contributed by atoms with Crippen LogP contribution in [0, 0.1) is 6.92 Å². The average molecular weight is 338 g/mol. The maximum Gasteiger partial charge on any atom is 0.224 e. The predicted octanol–water partition coefficient (Wildman–Crippen LogP) is -1.15. The van der Waals surface area contributed by atoms with Gasteiger partial charge >= 0.3 is 0 Å². The lowest BCUT2D eigenvalue weighted by Gasteiger charge is -2.43. The standard InChI is InChI=1S/C16H26N4O4/c1-12-2-4-17-20(12)5-3-15(22)19-8-6-18(7-9-19)13-10-24-11-14(21)16(13)23/h2,4,13-14,16,21,23H,3,5-11H2,1H3/t13-,14-,16+/m1/s1. The summed E-state index contributed by atoms with van der Waals surface area (Å²) in [5, 5.41) is 24.0. The Bertz CT molecular complexity index is 556. The molecule has 1 amide bonds. The molecule has 0 aliphatic carbocycles. The molecule has 134 valence electrons. The van der Waals surface area contributed by atoms with Crippen LogP contribution in [-0.2, 0) is 16.1 Å². The van der Waals surface area contributed by atoms with E-state index in [0.717, 1.165) is 5.69 Å². The largest absolute Gasteiger partial charge is 0.389 e. The molecule has 3 atom stereocenters. The SMILES string of the molecule is Cc1ccnn1CCC(=O)N1CCN([C@@H]2COC[C@@H](O)[C@H]2O)CC1. The molecule has 24 heavy (non-hydrogen) atoms. The first-order valence-electron chi connectivity index (χ1n) is 8.50. The molecule has 8 nitrogen and oxygen atoms in total. The van der Waals surface area contributed by atoms with Crippen LogP contribution in [0.2, 0.25) is 0 Å². The number of hydrogen-bond donors (Lipinski definition) is 2. The quantitative estimate of drug-likeness (QED) is 0.720. The highest BCUT2D eigenvalue weighted by molar-refractivity contribution is 5.76. The third-order valence-electron chi connectivity index (χ3n) is 4.97. The summed E-state index contributed by atoms with van der Waals surface area (Å²) in [6.45, 7) is 5.82. The second kappa shape index (κ2) is 7.60. The van der Waals surface area contributed by atoms with E-state index in [9.17, 15) is 15.0 Å². The third-order valence-corrected chi connectivity index (χ3v) is 4.97. The van der Waals surface area contributed by atoms with Crippen molar-refractivity contribution < 1.29 is 19.7 Å². The van der Waals surface area contributed by atoms with Crippen molar-refractivity contribution in [2.75, 3.05) is 39.4 Å². The number of piperazine rings is 1. The Balaban J connectivity index is 1.46. The topological polar surface area (TPSA) is 91.1 Å². The molecule has 0 saturated carbocycles. The van der Waals surface area contributed by atoms with Crippen LogP contribution in [0.1, 0.15) is 12.1 Å². The van der Waals surface area contributed by atoms with Crippen LogP contribution in [0.5, 0.6) is 0 Å². The molecule has 8 heteroatoms. The fourth-order valence-corrected chi connectivity index (χ4v) is 3.38. The molecular formula is C16H26N4O4. The normalized spacial score (nSPS) is 29.0. The van der Waals surface area contributed by atoms with Crippen LogP contribution < -0.4 is 0 Å². The second-order valence-electron chi connectivity index (χ2n) is 6.53. The predicted molar refractivity (Wildman–Crippen MR) is 86.4 cm³/mol. The summed E-state index contributed by atoms with van der Waals surface area (Å²) >= 11 is 0. The van der Waals surface area contributed by atoms with Crippen LogP contribution in [0.15, 0.2) is 12.3 Å². The van der Waals surface area contributed by atoms with Crippen molar-refractivity contribution in [3.8, 4) is 0 Å². The van der Waals surface area contributed by atoms with E-state index in [1.165, 1.54) is 0 Å². The van der Waals surface area contributed by atoms with Crippen LogP contribution in [0.3, 0.4) is 0 Å². The summed E-state index contributed by atoms with van der Waals surface area (Å²) < 4.78 is 7.18. The summed E-state index contributed by atoms with van der Waals surface area (Å²) in [6.07, 6.45) is 0.561. The van der Waals surface area contributed by atoms with E-state index in [0.29, 0.717) is 45.8 Å². The van der Waals surface area contributed by atoms with Gasteiger partial charge in [0.05, 0.1) is 25.4 Å². The van der Waals surface area contributed by atoms with Gasteiger partial charge in [0.15, 0.2) is 0 Å². The minimum atomic E-state index is -0.833. The molecule has 2 saturated heterocycles. The molecule has 1 aromatic heterocycles. The highest BCUT2D eigenvalue weighted by Gasteiger charge is 2.36. The molecule has 2 aliphatic heterocycles. The van der Waals surface area contributed by atoms with Gasteiger partial charge in [-0.1, -0.05) is 0 Å². The van der Waals surface area contributed by atoms with Gasteiger partial charge in [-0.25, -0.2) is 0 Å². The Hall–Kier alpha value is -1.48. The van der Waals surface area contributed by atoms with Crippen molar-refractivity contribution in [2.24, 2.45) is 0 Å². The lowest BCUT2D eigenvalue weighted by molar-refractivity contribution is -0.145. The number of hydrogen-bond acceptors (Lipinski definition) is 6. The van der Waals surface area contributed by atoms with Crippen molar-refractivity contribution in [1.82, 2.24) is 19.6 Å². The first kappa shape index (κ1) is 17.3. The molecule has 1 aromatic rings. The Morgan fingerprint density at radius 1 is 1.29 bits per heavy atom. The summed E-state index contributed by atoms with van der Waals surface area (Å²) in [5.41, 5.74) is 1.05.